The molecule has 4 nitrogen and oxygen atoms in total. The van der Waals surface area contributed by atoms with E-state index < -0.39 is 11.6 Å². The fourth-order valence-electron chi connectivity index (χ4n) is 1.85. The van der Waals surface area contributed by atoms with Gasteiger partial charge in [-0.2, -0.15) is 0 Å². The van der Waals surface area contributed by atoms with E-state index in [9.17, 15) is 8.78 Å². The first-order valence-corrected chi connectivity index (χ1v) is 6.51. The average molecular weight is 292 g/mol. The number of nitrogens with one attached hydrogen (secondary N) is 2. The molecule has 6 heteroatoms. The Morgan fingerprint density at radius 1 is 1.00 bits per heavy atom. The molecule has 0 bridgehead atoms. The maximum Gasteiger partial charge on any atom is 0.178 e. The first-order valence-electron chi connectivity index (χ1n) is 6.51. The normalized spacial score (nSPS) is 11.3. The van der Waals surface area contributed by atoms with E-state index in [1.807, 2.05) is 24.3 Å². The van der Waals surface area contributed by atoms with Crippen LogP contribution in [0.4, 0.5) is 26.1 Å². The zero-order valence-electron chi connectivity index (χ0n) is 12.2. The maximum absolute atomic E-state index is 13.7. The lowest BCUT2D eigenvalue weighted by molar-refractivity contribution is 0.579. The van der Waals surface area contributed by atoms with Gasteiger partial charge in [0.05, 0.1) is 0 Å². The molecule has 0 saturated carbocycles. The van der Waals surface area contributed by atoms with Crippen molar-refractivity contribution >= 4 is 17.3 Å². The quantitative estimate of drug-likeness (QED) is 0.596. The van der Waals surface area contributed by atoms with E-state index >= 15 is 0 Å². The molecule has 0 amide bonds. The predicted octanol–water partition coefficient (Wildman–Crippen LogP) is 3.69. The Kier molecular flexibility index (Phi) is 4.09. The van der Waals surface area contributed by atoms with Gasteiger partial charge < -0.3 is 10.7 Å². The molecule has 0 spiro atoms. The SMILES string of the molecule is CC(C)(C)c1ccc(Nc2nc(NN)c(F)cc2F)cc1. The van der Waals surface area contributed by atoms with Crippen LogP contribution in [0.1, 0.15) is 26.3 Å². The standard InChI is InChI=1S/C15H18F2N4/c1-15(2,3)9-4-6-10(7-5-9)19-13-11(16)8-12(17)14(20-13)21-18/h4-8H,18H2,1-3H3,(H2,19,20,21). The third kappa shape index (κ3) is 3.46. The van der Waals surface area contributed by atoms with Gasteiger partial charge in [0.15, 0.2) is 23.3 Å². The van der Waals surface area contributed by atoms with E-state index in [1.165, 1.54) is 0 Å². The number of anilines is 3. The van der Waals surface area contributed by atoms with Crippen molar-refractivity contribution in [2.45, 2.75) is 26.2 Å². The topological polar surface area (TPSA) is 63.0 Å². The number of benzene rings is 1. The second-order valence-electron chi connectivity index (χ2n) is 5.75. The number of hydrogen-bond donors (Lipinski definition) is 3. The molecule has 1 heterocycles. The van der Waals surface area contributed by atoms with Gasteiger partial charge in [-0.05, 0) is 23.1 Å². The molecule has 0 unspecified atom stereocenters. The van der Waals surface area contributed by atoms with E-state index in [2.05, 4.69) is 36.5 Å². The molecular weight excluding hydrogens is 274 g/mol. The summed E-state index contributed by atoms with van der Waals surface area (Å²) in [6.07, 6.45) is 0. The van der Waals surface area contributed by atoms with Crippen molar-refractivity contribution in [1.29, 1.82) is 0 Å². The third-order valence-corrected chi connectivity index (χ3v) is 3.08. The molecule has 21 heavy (non-hydrogen) atoms. The van der Waals surface area contributed by atoms with Gasteiger partial charge in [0.25, 0.3) is 0 Å². The summed E-state index contributed by atoms with van der Waals surface area (Å²) in [4.78, 5) is 3.76. The summed E-state index contributed by atoms with van der Waals surface area (Å²) in [7, 11) is 0. The zero-order valence-corrected chi connectivity index (χ0v) is 12.2. The number of aromatic nitrogens is 1. The highest BCUT2D eigenvalue weighted by Gasteiger charge is 2.14. The lowest BCUT2D eigenvalue weighted by atomic mass is 9.87. The monoisotopic (exact) mass is 292 g/mol. The van der Waals surface area contributed by atoms with Crippen LogP contribution in [0.3, 0.4) is 0 Å². The highest BCUT2D eigenvalue weighted by atomic mass is 19.1. The molecular formula is C15H18F2N4. The number of nitrogens with two attached hydrogens (primary N) is 1. The molecule has 1 aromatic carbocycles. The van der Waals surface area contributed by atoms with Crippen molar-refractivity contribution in [3.05, 3.63) is 47.5 Å². The first kappa shape index (κ1) is 15.2. The second-order valence-corrected chi connectivity index (χ2v) is 5.75. The molecule has 4 N–H and O–H groups in total. The Morgan fingerprint density at radius 2 is 1.57 bits per heavy atom. The summed E-state index contributed by atoms with van der Waals surface area (Å²) in [6, 6.07) is 8.27. The van der Waals surface area contributed by atoms with Gasteiger partial charge >= 0.3 is 0 Å². The number of halogens is 2. The molecule has 112 valence electrons. The first-order chi connectivity index (χ1) is 9.81. The van der Waals surface area contributed by atoms with Gasteiger partial charge in [0, 0.05) is 11.8 Å². The van der Waals surface area contributed by atoms with Crippen LogP contribution in [-0.2, 0) is 5.41 Å². The number of nitrogens with zero attached hydrogens (tertiary/aromatic N) is 1. The van der Waals surface area contributed by atoms with E-state index in [-0.39, 0.29) is 17.1 Å². The van der Waals surface area contributed by atoms with Crippen molar-refractivity contribution < 1.29 is 8.78 Å². The van der Waals surface area contributed by atoms with Gasteiger partial charge in [0.2, 0.25) is 0 Å². The molecule has 0 radical (unpaired) electrons. The van der Waals surface area contributed by atoms with Crippen LogP contribution < -0.4 is 16.6 Å². The van der Waals surface area contributed by atoms with Gasteiger partial charge in [0.1, 0.15) is 0 Å². The smallest absolute Gasteiger partial charge is 0.178 e. The minimum Gasteiger partial charge on any atom is -0.338 e. The van der Waals surface area contributed by atoms with E-state index in [0.717, 1.165) is 11.6 Å². The lowest BCUT2D eigenvalue weighted by Crippen LogP contribution is -2.12. The molecule has 0 fully saturated rings. The van der Waals surface area contributed by atoms with Crippen LogP contribution in [-0.4, -0.2) is 4.98 Å². The summed E-state index contributed by atoms with van der Waals surface area (Å²) >= 11 is 0. The molecule has 0 atom stereocenters. The Hall–Kier alpha value is -2.21. The summed E-state index contributed by atoms with van der Waals surface area (Å²) in [5.74, 6) is 3.19. The number of rotatable bonds is 3. The summed E-state index contributed by atoms with van der Waals surface area (Å²) in [5, 5.41) is 2.80. The van der Waals surface area contributed by atoms with E-state index in [1.54, 1.807) is 0 Å². The maximum atomic E-state index is 13.7. The Labute approximate surface area is 122 Å². The average Bonchev–Trinajstić information content (AvgIpc) is 2.41. The van der Waals surface area contributed by atoms with Crippen LogP contribution in [0.15, 0.2) is 30.3 Å². The molecule has 1 aromatic heterocycles. The fourth-order valence-corrected chi connectivity index (χ4v) is 1.85. The summed E-state index contributed by atoms with van der Waals surface area (Å²) < 4.78 is 27.0. The van der Waals surface area contributed by atoms with Gasteiger partial charge in [-0.3, -0.25) is 0 Å². The molecule has 2 aromatic rings. The number of pyridine rings is 1. The Morgan fingerprint density at radius 3 is 2.10 bits per heavy atom. The van der Waals surface area contributed by atoms with E-state index in [0.29, 0.717) is 5.69 Å². The van der Waals surface area contributed by atoms with Crippen molar-refractivity contribution in [3.63, 3.8) is 0 Å². The number of hydrazine groups is 1. The van der Waals surface area contributed by atoms with Crippen molar-refractivity contribution in [3.8, 4) is 0 Å². The minimum atomic E-state index is -0.844. The second kappa shape index (κ2) is 5.65. The molecule has 0 aliphatic heterocycles. The van der Waals surface area contributed by atoms with E-state index in [4.69, 9.17) is 5.84 Å². The molecule has 2 rings (SSSR count). The molecule has 0 aliphatic rings. The predicted molar refractivity (Wildman–Crippen MR) is 80.4 cm³/mol. The summed E-state index contributed by atoms with van der Waals surface area (Å²) in [5.41, 5.74) is 3.93. The third-order valence-electron chi connectivity index (χ3n) is 3.08. The van der Waals surface area contributed by atoms with Crippen LogP contribution in [0.25, 0.3) is 0 Å². The number of hydrogen-bond acceptors (Lipinski definition) is 4. The minimum absolute atomic E-state index is 0.0363. The van der Waals surface area contributed by atoms with Gasteiger partial charge in [-0.25, -0.2) is 19.6 Å². The van der Waals surface area contributed by atoms with Gasteiger partial charge in [-0.1, -0.05) is 32.9 Å². The van der Waals surface area contributed by atoms with Crippen LogP contribution in [0.2, 0.25) is 0 Å². The highest BCUT2D eigenvalue weighted by molar-refractivity contribution is 5.59. The Balaban J connectivity index is 2.26. The summed E-state index contributed by atoms with van der Waals surface area (Å²) in [6.45, 7) is 6.32. The fraction of sp³-hybridized carbons (Fsp3) is 0.267. The van der Waals surface area contributed by atoms with Crippen molar-refractivity contribution in [2.75, 3.05) is 10.7 Å². The Bertz CT molecular complexity index is 633. The highest BCUT2D eigenvalue weighted by Crippen LogP contribution is 2.26. The molecule has 0 saturated heterocycles. The van der Waals surface area contributed by atoms with Crippen molar-refractivity contribution in [1.82, 2.24) is 4.98 Å². The lowest BCUT2D eigenvalue weighted by Gasteiger charge is -2.19. The largest absolute Gasteiger partial charge is 0.338 e. The zero-order chi connectivity index (χ0) is 15.6. The molecule has 0 aliphatic carbocycles. The van der Waals surface area contributed by atoms with Crippen LogP contribution >= 0.6 is 0 Å². The van der Waals surface area contributed by atoms with Gasteiger partial charge in [-0.15, -0.1) is 0 Å². The van der Waals surface area contributed by atoms with Crippen LogP contribution in [0.5, 0.6) is 0 Å². The number of nitrogen functional groups attached to an aromatic ring is 1. The van der Waals surface area contributed by atoms with Crippen LogP contribution in [0, 0.1) is 11.6 Å². The van der Waals surface area contributed by atoms with Crippen molar-refractivity contribution in [2.24, 2.45) is 5.84 Å².